The highest BCUT2D eigenvalue weighted by Gasteiger charge is 2.20. The van der Waals surface area contributed by atoms with Gasteiger partial charge >= 0.3 is 0 Å². The smallest absolute Gasteiger partial charge is 0.101 e. The average molecular weight is 243 g/mol. The molecular formula is C15H21N3. The van der Waals surface area contributed by atoms with Crippen molar-refractivity contribution in [2.45, 2.75) is 26.2 Å². The molecule has 0 atom stereocenters. The van der Waals surface area contributed by atoms with Crippen LogP contribution in [0.2, 0.25) is 0 Å². The Bertz CT molecular complexity index is 440. The summed E-state index contributed by atoms with van der Waals surface area (Å²) in [5.74, 6) is 0.766. The molecule has 1 aromatic rings. The summed E-state index contributed by atoms with van der Waals surface area (Å²) in [4.78, 5) is 2.34. The van der Waals surface area contributed by atoms with Crippen LogP contribution < -0.4 is 10.6 Å². The van der Waals surface area contributed by atoms with E-state index in [1.807, 2.05) is 13.0 Å². The third kappa shape index (κ3) is 2.83. The Morgan fingerprint density at radius 2 is 2.11 bits per heavy atom. The summed E-state index contributed by atoms with van der Waals surface area (Å²) in [6.45, 7) is 4.90. The first-order valence-corrected chi connectivity index (χ1v) is 6.70. The average Bonchev–Trinajstić information content (AvgIpc) is 2.40. The summed E-state index contributed by atoms with van der Waals surface area (Å²) in [5, 5.41) is 9.22. The van der Waals surface area contributed by atoms with E-state index in [0.717, 1.165) is 48.8 Å². The number of nitrogens with zero attached hydrogens (tertiary/aromatic N) is 2. The van der Waals surface area contributed by atoms with Crippen molar-refractivity contribution in [1.29, 1.82) is 5.26 Å². The fraction of sp³-hybridized carbons (Fsp3) is 0.533. The van der Waals surface area contributed by atoms with Crippen LogP contribution in [0.25, 0.3) is 0 Å². The molecular weight excluding hydrogens is 222 g/mol. The normalized spacial score (nSPS) is 16.6. The minimum atomic E-state index is 0.766. The van der Waals surface area contributed by atoms with Crippen LogP contribution in [0.5, 0.6) is 0 Å². The summed E-state index contributed by atoms with van der Waals surface area (Å²) in [6, 6.07) is 8.45. The van der Waals surface area contributed by atoms with E-state index < -0.39 is 0 Å². The maximum absolute atomic E-state index is 9.22. The van der Waals surface area contributed by atoms with Crippen LogP contribution in [-0.2, 0) is 0 Å². The molecule has 0 aromatic heterocycles. The molecule has 0 bridgehead atoms. The van der Waals surface area contributed by atoms with Crippen LogP contribution in [0.4, 0.5) is 5.69 Å². The number of rotatable bonds is 3. The van der Waals surface area contributed by atoms with Crippen molar-refractivity contribution in [3.05, 3.63) is 29.3 Å². The molecule has 2 rings (SSSR count). The molecule has 1 aliphatic heterocycles. The van der Waals surface area contributed by atoms with Crippen LogP contribution in [-0.4, -0.2) is 19.6 Å². The molecule has 96 valence electrons. The van der Waals surface area contributed by atoms with Gasteiger partial charge in [0, 0.05) is 13.1 Å². The number of nitriles is 1. The summed E-state index contributed by atoms with van der Waals surface area (Å²) >= 11 is 0. The van der Waals surface area contributed by atoms with E-state index in [2.05, 4.69) is 23.1 Å². The van der Waals surface area contributed by atoms with Crippen molar-refractivity contribution < 1.29 is 0 Å². The van der Waals surface area contributed by atoms with Crippen LogP contribution in [0.3, 0.4) is 0 Å². The fourth-order valence-electron chi connectivity index (χ4n) is 2.71. The van der Waals surface area contributed by atoms with E-state index in [-0.39, 0.29) is 0 Å². The summed E-state index contributed by atoms with van der Waals surface area (Å²) in [7, 11) is 0. The lowest BCUT2D eigenvalue weighted by molar-refractivity contribution is 0.386. The molecule has 0 aliphatic carbocycles. The van der Waals surface area contributed by atoms with E-state index in [1.165, 1.54) is 12.8 Å². The molecule has 18 heavy (non-hydrogen) atoms. The van der Waals surface area contributed by atoms with Crippen LogP contribution in [0.1, 0.15) is 30.4 Å². The third-order valence-corrected chi connectivity index (χ3v) is 3.80. The number of hydrogen-bond donors (Lipinski definition) is 1. The van der Waals surface area contributed by atoms with Crippen molar-refractivity contribution in [2.24, 2.45) is 11.7 Å². The number of anilines is 1. The Morgan fingerprint density at radius 1 is 1.39 bits per heavy atom. The standard InChI is InChI=1S/C15H21N3/c1-12-2-3-15(14(10-12)11-17)18-8-5-13(4-7-16)6-9-18/h2-3,10,13H,4-9,16H2,1H3. The second kappa shape index (κ2) is 5.88. The zero-order chi connectivity index (χ0) is 13.0. The lowest BCUT2D eigenvalue weighted by Crippen LogP contribution is -2.34. The number of benzene rings is 1. The van der Waals surface area contributed by atoms with Crippen LogP contribution in [0, 0.1) is 24.2 Å². The molecule has 0 radical (unpaired) electrons. The highest BCUT2D eigenvalue weighted by Crippen LogP contribution is 2.27. The molecule has 0 spiro atoms. The fourth-order valence-corrected chi connectivity index (χ4v) is 2.71. The maximum atomic E-state index is 9.22. The SMILES string of the molecule is Cc1ccc(N2CCC(CCN)CC2)c(C#N)c1. The third-order valence-electron chi connectivity index (χ3n) is 3.80. The molecule has 3 heteroatoms. The zero-order valence-electron chi connectivity index (χ0n) is 11.0. The molecule has 0 unspecified atom stereocenters. The zero-order valence-corrected chi connectivity index (χ0v) is 11.0. The molecule has 2 N–H and O–H groups in total. The van der Waals surface area contributed by atoms with E-state index in [1.54, 1.807) is 0 Å². The van der Waals surface area contributed by atoms with E-state index in [0.29, 0.717) is 0 Å². The number of hydrogen-bond acceptors (Lipinski definition) is 3. The topological polar surface area (TPSA) is 53.0 Å². The Balaban J connectivity index is 2.08. The highest BCUT2D eigenvalue weighted by molar-refractivity contribution is 5.60. The van der Waals surface area contributed by atoms with Gasteiger partial charge in [0.1, 0.15) is 6.07 Å². The quantitative estimate of drug-likeness (QED) is 0.887. The number of aryl methyl sites for hydroxylation is 1. The Hall–Kier alpha value is -1.53. The first-order valence-electron chi connectivity index (χ1n) is 6.70. The predicted molar refractivity (Wildman–Crippen MR) is 74.5 cm³/mol. The molecule has 3 nitrogen and oxygen atoms in total. The minimum absolute atomic E-state index is 0.766. The van der Waals surface area contributed by atoms with Gasteiger partial charge in [-0.2, -0.15) is 5.26 Å². The number of nitrogens with two attached hydrogens (primary N) is 1. The highest BCUT2D eigenvalue weighted by atomic mass is 15.1. The van der Waals surface area contributed by atoms with Crippen LogP contribution >= 0.6 is 0 Å². The Kier molecular flexibility index (Phi) is 4.22. The van der Waals surface area contributed by atoms with Gasteiger partial charge in [0.2, 0.25) is 0 Å². The molecule has 1 heterocycles. The molecule has 1 fully saturated rings. The van der Waals surface area contributed by atoms with Gasteiger partial charge in [-0.15, -0.1) is 0 Å². The van der Waals surface area contributed by atoms with Gasteiger partial charge in [-0.05, 0) is 56.3 Å². The van der Waals surface area contributed by atoms with Crippen LogP contribution in [0.15, 0.2) is 18.2 Å². The van der Waals surface area contributed by atoms with Crippen molar-refractivity contribution in [3.8, 4) is 6.07 Å². The van der Waals surface area contributed by atoms with Gasteiger partial charge < -0.3 is 10.6 Å². The van der Waals surface area contributed by atoms with Gasteiger partial charge in [0.25, 0.3) is 0 Å². The summed E-state index contributed by atoms with van der Waals surface area (Å²) in [5.41, 5.74) is 8.65. The second-order valence-corrected chi connectivity index (χ2v) is 5.14. The second-order valence-electron chi connectivity index (χ2n) is 5.14. The first-order chi connectivity index (χ1) is 8.74. The summed E-state index contributed by atoms with van der Waals surface area (Å²) in [6.07, 6.45) is 3.51. The van der Waals surface area contributed by atoms with Gasteiger partial charge in [0.15, 0.2) is 0 Å². The molecule has 1 aliphatic rings. The molecule has 1 saturated heterocycles. The Morgan fingerprint density at radius 3 is 2.72 bits per heavy atom. The van der Waals surface area contributed by atoms with E-state index in [9.17, 15) is 5.26 Å². The summed E-state index contributed by atoms with van der Waals surface area (Å²) < 4.78 is 0. The first kappa shape index (κ1) is 12.9. The predicted octanol–water partition coefficient (Wildman–Crippen LogP) is 2.43. The monoisotopic (exact) mass is 243 g/mol. The lowest BCUT2D eigenvalue weighted by Gasteiger charge is -2.34. The van der Waals surface area contributed by atoms with E-state index >= 15 is 0 Å². The minimum Gasteiger partial charge on any atom is -0.370 e. The number of piperidine rings is 1. The van der Waals surface area contributed by atoms with Crippen molar-refractivity contribution in [2.75, 3.05) is 24.5 Å². The molecule has 0 amide bonds. The van der Waals surface area contributed by atoms with E-state index in [4.69, 9.17) is 5.73 Å². The largest absolute Gasteiger partial charge is 0.370 e. The van der Waals surface area contributed by atoms with Crippen molar-refractivity contribution in [1.82, 2.24) is 0 Å². The van der Waals surface area contributed by atoms with Gasteiger partial charge in [-0.3, -0.25) is 0 Å². The van der Waals surface area contributed by atoms with Gasteiger partial charge in [-0.25, -0.2) is 0 Å². The molecule has 0 saturated carbocycles. The lowest BCUT2D eigenvalue weighted by atomic mass is 9.93. The van der Waals surface area contributed by atoms with Crippen molar-refractivity contribution in [3.63, 3.8) is 0 Å². The molecule has 1 aromatic carbocycles. The van der Waals surface area contributed by atoms with Gasteiger partial charge in [0.05, 0.1) is 11.3 Å². The Labute approximate surface area is 109 Å². The maximum Gasteiger partial charge on any atom is 0.101 e. The van der Waals surface area contributed by atoms with Crippen molar-refractivity contribution >= 4 is 5.69 Å². The van der Waals surface area contributed by atoms with Gasteiger partial charge in [-0.1, -0.05) is 6.07 Å².